The largest absolute Gasteiger partial charge is 0.382 e. The Labute approximate surface area is 162 Å². The van der Waals surface area contributed by atoms with E-state index in [0.29, 0.717) is 43.2 Å². The SMILES string of the molecule is CCOCCCNc1ccc2nnc(CCNC(=O)c3ccc(F)cc3)n2n1. The summed E-state index contributed by atoms with van der Waals surface area (Å²) in [5.41, 5.74) is 1.05. The molecule has 0 spiro atoms. The molecule has 0 bridgehead atoms. The van der Waals surface area contributed by atoms with E-state index in [-0.39, 0.29) is 11.7 Å². The molecule has 0 atom stereocenters. The second kappa shape index (κ2) is 9.75. The first-order valence-corrected chi connectivity index (χ1v) is 9.24. The van der Waals surface area contributed by atoms with Crippen molar-refractivity contribution < 1.29 is 13.9 Å². The van der Waals surface area contributed by atoms with E-state index in [0.717, 1.165) is 18.8 Å². The minimum atomic E-state index is -0.375. The van der Waals surface area contributed by atoms with E-state index in [1.165, 1.54) is 24.3 Å². The zero-order chi connectivity index (χ0) is 19.8. The zero-order valence-corrected chi connectivity index (χ0v) is 15.7. The molecule has 8 nitrogen and oxygen atoms in total. The highest BCUT2D eigenvalue weighted by molar-refractivity contribution is 5.94. The van der Waals surface area contributed by atoms with Crippen LogP contribution in [0.5, 0.6) is 0 Å². The number of nitrogens with zero attached hydrogens (tertiary/aromatic N) is 4. The van der Waals surface area contributed by atoms with Crippen molar-refractivity contribution in [3.8, 4) is 0 Å². The lowest BCUT2D eigenvalue weighted by Crippen LogP contribution is -2.26. The molecule has 2 aromatic heterocycles. The summed E-state index contributed by atoms with van der Waals surface area (Å²) in [6.45, 7) is 4.51. The summed E-state index contributed by atoms with van der Waals surface area (Å²) in [5.74, 6) is 0.728. The Kier molecular flexibility index (Phi) is 6.85. The molecule has 3 aromatic rings. The molecule has 0 saturated heterocycles. The molecular weight excluding hydrogens is 363 g/mol. The van der Waals surface area contributed by atoms with Crippen LogP contribution in [-0.2, 0) is 11.2 Å². The summed E-state index contributed by atoms with van der Waals surface area (Å²) in [7, 11) is 0. The molecule has 9 heteroatoms. The van der Waals surface area contributed by atoms with E-state index in [1.54, 1.807) is 4.52 Å². The fourth-order valence-corrected chi connectivity index (χ4v) is 2.61. The number of hydrogen-bond acceptors (Lipinski definition) is 6. The van der Waals surface area contributed by atoms with Crippen LogP contribution in [0, 0.1) is 5.82 Å². The lowest BCUT2D eigenvalue weighted by Gasteiger charge is -2.07. The molecule has 2 heterocycles. The van der Waals surface area contributed by atoms with Crippen molar-refractivity contribution in [1.82, 2.24) is 25.1 Å². The number of aromatic nitrogens is 4. The first-order chi connectivity index (χ1) is 13.7. The Balaban J connectivity index is 1.54. The molecule has 148 valence electrons. The third-order valence-electron chi connectivity index (χ3n) is 4.04. The van der Waals surface area contributed by atoms with Crippen LogP contribution in [0.25, 0.3) is 5.65 Å². The molecule has 0 aliphatic rings. The van der Waals surface area contributed by atoms with Gasteiger partial charge in [0.2, 0.25) is 0 Å². The van der Waals surface area contributed by atoms with Crippen molar-refractivity contribution >= 4 is 17.4 Å². The van der Waals surface area contributed by atoms with Gasteiger partial charge < -0.3 is 15.4 Å². The highest BCUT2D eigenvalue weighted by Gasteiger charge is 2.09. The van der Waals surface area contributed by atoms with Gasteiger partial charge in [0.05, 0.1) is 0 Å². The van der Waals surface area contributed by atoms with Crippen molar-refractivity contribution in [3.05, 3.63) is 53.6 Å². The van der Waals surface area contributed by atoms with Gasteiger partial charge in [-0.25, -0.2) is 4.39 Å². The van der Waals surface area contributed by atoms with Crippen molar-refractivity contribution in [2.75, 3.05) is 31.6 Å². The number of rotatable bonds is 10. The molecule has 28 heavy (non-hydrogen) atoms. The molecule has 0 saturated carbocycles. The van der Waals surface area contributed by atoms with Crippen LogP contribution < -0.4 is 10.6 Å². The summed E-state index contributed by atoms with van der Waals surface area (Å²) in [6.07, 6.45) is 1.35. The van der Waals surface area contributed by atoms with Gasteiger partial charge in [-0.05, 0) is 49.7 Å². The normalized spacial score (nSPS) is 10.9. The van der Waals surface area contributed by atoms with Crippen LogP contribution in [0.1, 0.15) is 29.5 Å². The number of carbonyl (C=O) groups excluding carboxylic acids is 1. The first kappa shape index (κ1) is 19.7. The van der Waals surface area contributed by atoms with Gasteiger partial charge in [-0.3, -0.25) is 4.79 Å². The van der Waals surface area contributed by atoms with E-state index in [4.69, 9.17) is 4.74 Å². The second-order valence-electron chi connectivity index (χ2n) is 6.09. The molecular formula is C19H23FN6O2. The number of nitrogens with one attached hydrogen (secondary N) is 2. The third kappa shape index (κ3) is 5.23. The van der Waals surface area contributed by atoms with Crippen LogP contribution in [0.3, 0.4) is 0 Å². The summed E-state index contributed by atoms with van der Waals surface area (Å²) in [5, 5.41) is 18.8. The number of fused-ring (bicyclic) bond motifs is 1. The minimum Gasteiger partial charge on any atom is -0.382 e. The predicted octanol–water partition coefficient (Wildman–Crippen LogP) is 2.07. The van der Waals surface area contributed by atoms with Crippen molar-refractivity contribution in [1.29, 1.82) is 0 Å². The number of benzene rings is 1. The second-order valence-corrected chi connectivity index (χ2v) is 6.09. The number of amides is 1. The quantitative estimate of drug-likeness (QED) is 0.518. The van der Waals surface area contributed by atoms with Crippen molar-refractivity contribution in [2.45, 2.75) is 19.8 Å². The summed E-state index contributed by atoms with van der Waals surface area (Å²) in [6, 6.07) is 9.10. The summed E-state index contributed by atoms with van der Waals surface area (Å²) in [4.78, 5) is 12.1. The van der Waals surface area contributed by atoms with Crippen LogP contribution in [0.15, 0.2) is 36.4 Å². The Bertz CT molecular complexity index is 912. The average Bonchev–Trinajstić information content (AvgIpc) is 3.10. The third-order valence-corrected chi connectivity index (χ3v) is 4.04. The highest BCUT2D eigenvalue weighted by Crippen LogP contribution is 2.08. The molecule has 1 amide bonds. The fraction of sp³-hybridized carbons (Fsp3) is 0.368. The van der Waals surface area contributed by atoms with Crippen molar-refractivity contribution in [3.63, 3.8) is 0 Å². The zero-order valence-electron chi connectivity index (χ0n) is 15.7. The van der Waals surface area contributed by atoms with Gasteiger partial charge in [-0.1, -0.05) is 0 Å². The van der Waals surface area contributed by atoms with Gasteiger partial charge in [-0.15, -0.1) is 15.3 Å². The maximum atomic E-state index is 12.9. The van der Waals surface area contributed by atoms with E-state index in [9.17, 15) is 9.18 Å². The lowest BCUT2D eigenvalue weighted by atomic mass is 10.2. The summed E-state index contributed by atoms with van der Waals surface area (Å²) >= 11 is 0. The Hall–Kier alpha value is -3.07. The monoisotopic (exact) mass is 386 g/mol. The Morgan fingerprint density at radius 1 is 1.14 bits per heavy atom. The average molecular weight is 386 g/mol. The smallest absolute Gasteiger partial charge is 0.251 e. The first-order valence-electron chi connectivity index (χ1n) is 9.24. The number of ether oxygens (including phenoxy) is 1. The molecule has 1 aromatic carbocycles. The van der Waals surface area contributed by atoms with Gasteiger partial charge in [0, 0.05) is 38.3 Å². The maximum Gasteiger partial charge on any atom is 0.251 e. The van der Waals surface area contributed by atoms with Gasteiger partial charge >= 0.3 is 0 Å². The predicted molar refractivity (Wildman–Crippen MR) is 103 cm³/mol. The van der Waals surface area contributed by atoms with Gasteiger partial charge in [0.1, 0.15) is 11.6 Å². The van der Waals surface area contributed by atoms with Crippen molar-refractivity contribution in [2.24, 2.45) is 0 Å². The minimum absolute atomic E-state index is 0.265. The van der Waals surface area contributed by atoms with Crippen LogP contribution in [0.4, 0.5) is 10.2 Å². The fourth-order valence-electron chi connectivity index (χ4n) is 2.61. The van der Waals surface area contributed by atoms with E-state index >= 15 is 0 Å². The molecule has 0 radical (unpaired) electrons. The number of anilines is 1. The van der Waals surface area contributed by atoms with Gasteiger partial charge in [0.15, 0.2) is 11.5 Å². The van der Waals surface area contributed by atoms with Gasteiger partial charge in [0.25, 0.3) is 5.91 Å². The lowest BCUT2D eigenvalue weighted by molar-refractivity contribution is 0.0954. The Morgan fingerprint density at radius 2 is 1.96 bits per heavy atom. The van der Waals surface area contributed by atoms with Crippen LogP contribution in [0.2, 0.25) is 0 Å². The Morgan fingerprint density at radius 3 is 2.75 bits per heavy atom. The van der Waals surface area contributed by atoms with Crippen LogP contribution >= 0.6 is 0 Å². The maximum absolute atomic E-state index is 12.9. The highest BCUT2D eigenvalue weighted by atomic mass is 19.1. The topological polar surface area (TPSA) is 93.4 Å². The van der Waals surface area contributed by atoms with Crippen LogP contribution in [-0.4, -0.2) is 52.0 Å². The van der Waals surface area contributed by atoms with Gasteiger partial charge in [-0.2, -0.15) is 4.52 Å². The number of halogens is 1. The number of hydrogen-bond donors (Lipinski definition) is 2. The molecule has 0 fully saturated rings. The molecule has 3 rings (SSSR count). The number of carbonyl (C=O) groups is 1. The molecule has 2 N–H and O–H groups in total. The summed E-state index contributed by atoms with van der Waals surface area (Å²) < 4.78 is 19.9. The van der Waals surface area contributed by atoms with E-state index in [2.05, 4.69) is 25.9 Å². The molecule has 0 aliphatic heterocycles. The molecule has 0 aliphatic carbocycles. The standard InChI is InChI=1S/C19H23FN6O2/c1-2-28-13-3-11-21-16-8-9-17-23-24-18(26(17)25-16)10-12-22-19(27)14-4-6-15(20)7-5-14/h4-9H,2-3,10-13H2,1H3,(H,21,25)(H,22,27). The molecule has 0 unspecified atom stereocenters. The van der Waals surface area contributed by atoms with E-state index < -0.39 is 0 Å². The van der Waals surface area contributed by atoms with E-state index in [1.807, 2.05) is 19.1 Å².